The van der Waals surface area contributed by atoms with Crippen molar-refractivity contribution in [2.75, 3.05) is 54.4 Å². The van der Waals surface area contributed by atoms with E-state index in [4.69, 9.17) is 4.98 Å². The quantitative estimate of drug-likeness (QED) is 0.878. The van der Waals surface area contributed by atoms with Crippen molar-refractivity contribution < 1.29 is 4.79 Å². The lowest BCUT2D eigenvalue weighted by molar-refractivity contribution is 0.208. The maximum Gasteiger partial charge on any atom is 0.322 e. The van der Waals surface area contributed by atoms with Gasteiger partial charge >= 0.3 is 6.03 Å². The minimum Gasteiger partial charge on any atom is -0.356 e. The number of amides is 2. The molecule has 2 saturated heterocycles. The third-order valence-electron chi connectivity index (χ3n) is 5.11. The van der Waals surface area contributed by atoms with E-state index in [-0.39, 0.29) is 6.03 Å². The van der Waals surface area contributed by atoms with E-state index in [0.717, 1.165) is 48.6 Å². The van der Waals surface area contributed by atoms with Crippen LogP contribution in [0.15, 0.2) is 23.6 Å². The summed E-state index contributed by atoms with van der Waals surface area (Å²) in [5, 5.41) is 5.80. The van der Waals surface area contributed by atoms with Crippen molar-refractivity contribution in [3.8, 4) is 0 Å². The molecule has 2 aliphatic heterocycles. The Morgan fingerprint density at radius 1 is 1.04 bits per heavy atom. The molecule has 0 unspecified atom stereocenters. The summed E-state index contributed by atoms with van der Waals surface area (Å²) in [5.41, 5.74) is 0.999. The Labute approximate surface area is 164 Å². The van der Waals surface area contributed by atoms with Crippen molar-refractivity contribution in [1.29, 1.82) is 0 Å². The molecule has 2 amide bonds. The maximum absolute atomic E-state index is 12.4. The maximum atomic E-state index is 12.4. The predicted octanol–water partition coefficient (Wildman–Crippen LogP) is 3.19. The van der Waals surface area contributed by atoms with Crippen LogP contribution in [0.1, 0.15) is 25.0 Å². The zero-order valence-electron chi connectivity index (χ0n) is 15.7. The van der Waals surface area contributed by atoms with Crippen LogP contribution in [0.3, 0.4) is 0 Å². The van der Waals surface area contributed by atoms with Crippen LogP contribution in [-0.4, -0.2) is 60.2 Å². The number of rotatable bonds is 3. The third kappa shape index (κ3) is 4.32. The molecular weight excluding hydrogens is 360 g/mol. The normalized spacial score (nSPS) is 17.9. The van der Waals surface area contributed by atoms with Gasteiger partial charge in [-0.25, -0.2) is 9.78 Å². The number of piperidine rings is 1. The first-order valence-electron chi connectivity index (χ1n) is 9.64. The number of hydrogen-bond acceptors (Lipinski definition) is 6. The highest BCUT2D eigenvalue weighted by Crippen LogP contribution is 2.22. The van der Waals surface area contributed by atoms with Gasteiger partial charge in [-0.3, -0.25) is 5.32 Å². The van der Waals surface area contributed by atoms with E-state index in [2.05, 4.69) is 26.2 Å². The van der Waals surface area contributed by atoms with Gasteiger partial charge in [-0.1, -0.05) is 0 Å². The predicted molar refractivity (Wildman–Crippen MR) is 110 cm³/mol. The molecule has 2 fully saturated rings. The van der Waals surface area contributed by atoms with Crippen LogP contribution in [0, 0.1) is 6.92 Å². The molecule has 0 bridgehead atoms. The number of nitrogens with zero attached hydrogens (tertiary/aromatic N) is 5. The first-order chi connectivity index (χ1) is 13.2. The number of aryl methyl sites for hydroxylation is 1. The van der Waals surface area contributed by atoms with Crippen LogP contribution in [0.25, 0.3) is 0 Å². The van der Waals surface area contributed by atoms with E-state index >= 15 is 0 Å². The number of carbonyl (C=O) groups excluding carboxylic acids is 1. The number of thiophene rings is 1. The number of nitrogens with one attached hydrogen (secondary N) is 1. The van der Waals surface area contributed by atoms with Crippen LogP contribution >= 0.6 is 11.3 Å². The SMILES string of the molecule is Cc1cc(N2CCCCC2)nc(N2CCN(C(=O)Nc3cccs3)CC2)n1. The third-order valence-corrected chi connectivity index (χ3v) is 5.90. The Balaban J connectivity index is 1.39. The number of piperazine rings is 1. The van der Waals surface area contributed by atoms with Crippen LogP contribution < -0.4 is 15.1 Å². The lowest BCUT2D eigenvalue weighted by atomic mass is 10.1. The van der Waals surface area contributed by atoms with Gasteiger partial charge in [0, 0.05) is 51.0 Å². The number of anilines is 3. The minimum atomic E-state index is -0.0312. The molecule has 0 aromatic carbocycles. The molecule has 8 heteroatoms. The van der Waals surface area contributed by atoms with Crippen molar-refractivity contribution in [1.82, 2.24) is 14.9 Å². The van der Waals surface area contributed by atoms with Crippen LogP contribution in [0.5, 0.6) is 0 Å². The van der Waals surface area contributed by atoms with Gasteiger partial charge in [0.25, 0.3) is 0 Å². The Morgan fingerprint density at radius 2 is 1.81 bits per heavy atom. The molecule has 27 heavy (non-hydrogen) atoms. The van der Waals surface area contributed by atoms with E-state index in [1.807, 2.05) is 29.3 Å². The monoisotopic (exact) mass is 386 g/mol. The molecule has 144 valence electrons. The molecule has 2 aromatic rings. The van der Waals surface area contributed by atoms with Gasteiger partial charge < -0.3 is 14.7 Å². The highest BCUT2D eigenvalue weighted by Gasteiger charge is 2.24. The Bertz CT molecular complexity index is 767. The first-order valence-corrected chi connectivity index (χ1v) is 10.5. The Kier molecular flexibility index (Phi) is 5.42. The summed E-state index contributed by atoms with van der Waals surface area (Å²) in [6, 6.07) is 5.91. The smallest absolute Gasteiger partial charge is 0.322 e. The van der Waals surface area contributed by atoms with Crippen LogP contribution in [0.2, 0.25) is 0 Å². The molecular formula is C19H26N6OS. The summed E-state index contributed by atoms with van der Waals surface area (Å²) < 4.78 is 0. The van der Waals surface area contributed by atoms with E-state index in [1.165, 1.54) is 30.6 Å². The molecule has 2 aromatic heterocycles. The van der Waals surface area contributed by atoms with Gasteiger partial charge in [-0.15, -0.1) is 11.3 Å². The lowest BCUT2D eigenvalue weighted by Crippen LogP contribution is -2.50. The first kappa shape index (κ1) is 18.0. The zero-order chi connectivity index (χ0) is 18.6. The molecule has 0 saturated carbocycles. The summed E-state index contributed by atoms with van der Waals surface area (Å²) in [4.78, 5) is 28.3. The summed E-state index contributed by atoms with van der Waals surface area (Å²) in [5.74, 6) is 1.82. The van der Waals surface area contributed by atoms with Crippen molar-refractivity contribution in [2.45, 2.75) is 26.2 Å². The summed E-state index contributed by atoms with van der Waals surface area (Å²) in [6.45, 7) is 7.03. The molecule has 7 nitrogen and oxygen atoms in total. The van der Waals surface area contributed by atoms with Crippen molar-refractivity contribution in [2.24, 2.45) is 0 Å². The second-order valence-electron chi connectivity index (χ2n) is 7.10. The standard InChI is InChI=1S/C19H26N6OS/c1-15-14-16(23-7-3-2-4-8-23)21-18(20-15)24-9-11-25(12-10-24)19(26)22-17-6-5-13-27-17/h5-6,13-14H,2-4,7-12H2,1H3,(H,22,26). The van der Waals surface area contributed by atoms with E-state index < -0.39 is 0 Å². The number of urea groups is 1. The summed E-state index contributed by atoms with van der Waals surface area (Å²) in [7, 11) is 0. The Morgan fingerprint density at radius 3 is 2.52 bits per heavy atom. The average Bonchev–Trinajstić information content (AvgIpc) is 3.21. The number of aromatic nitrogens is 2. The number of hydrogen-bond donors (Lipinski definition) is 1. The topological polar surface area (TPSA) is 64.6 Å². The molecule has 0 atom stereocenters. The fourth-order valence-electron chi connectivity index (χ4n) is 3.61. The largest absolute Gasteiger partial charge is 0.356 e. The van der Waals surface area contributed by atoms with E-state index in [1.54, 1.807) is 0 Å². The average molecular weight is 387 g/mol. The van der Waals surface area contributed by atoms with Gasteiger partial charge in [-0.2, -0.15) is 4.98 Å². The highest BCUT2D eigenvalue weighted by atomic mass is 32.1. The van der Waals surface area contributed by atoms with Gasteiger partial charge in [0.1, 0.15) is 5.82 Å². The Hall–Kier alpha value is -2.35. The highest BCUT2D eigenvalue weighted by molar-refractivity contribution is 7.14. The van der Waals surface area contributed by atoms with Crippen molar-refractivity contribution in [3.63, 3.8) is 0 Å². The van der Waals surface area contributed by atoms with Gasteiger partial charge in [0.15, 0.2) is 0 Å². The van der Waals surface area contributed by atoms with Gasteiger partial charge in [-0.05, 0) is 43.7 Å². The summed E-state index contributed by atoms with van der Waals surface area (Å²) in [6.07, 6.45) is 3.77. The van der Waals surface area contributed by atoms with Crippen LogP contribution in [0.4, 0.5) is 21.6 Å². The molecule has 4 rings (SSSR count). The van der Waals surface area contributed by atoms with Crippen molar-refractivity contribution in [3.05, 3.63) is 29.3 Å². The molecule has 4 heterocycles. The molecule has 0 radical (unpaired) electrons. The zero-order valence-corrected chi connectivity index (χ0v) is 16.5. The number of carbonyl (C=O) groups is 1. The van der Waals surface area contributed by atoms with E-state index in [9.17, 15) is 4.79 Å². The fourth-order valence-corrected chi connectivity index (χ4v) is 4.21. The molecule has 1 N–H and O–H groups in total. The van der Waals surface area contributed by atoms with E-state index in [0.29, 0.717) is 13.1 Å². The van der Waals surface area contributed by atoms with Gasteiger partial charge in [0.05, 0.1) is 5.00 Å². The molecule has 0 aliphatic carbocycles. The fraction of sp³-hybridized carbons (Fsp3) is 0.526. The molecule has 2 aliphatic rings. The van der Waals surface area contributed by atoms with Gasteiger partial charge in [0.2, 0.25) is 5.95 Å². The van der Waals surface area contributed by atoms with Crippen molar-refractivity contribution >= 4 is 34.1 Å². The second-order valence-corrected chi connectivity index (χ2v) is 8.04. The lowest BCUT2D eigenvalue weighted by Gasteiger charge is -2.35. The minimum absolute atomic E-state index is 0.0312. The second kappa shape index (κ2) is 8.12. The molecule has 0 spiro atoms. The summed E-state index contributed by atoms with van der Waals surface area (Å²) >= 11 is 1.54. The van der Waals surface area contributed by atoms with Crippen LogP contribution in [-0.2, 0) is 0 Å².